The average molecular weight is 410 g/mol. The molecule has 0 fully saturated rings. The second kappa shape index (κ2) is 7.44. The molecule has 146 valence electrons. The van der Waals surface area contributed by atoms with Crippen molar-refractivity contribution in [3.8, 4) is 17.0 Å². The Morgan fingerprint density at radius 1 is 1.00 bits per heavy atom. The number of halogens is 1. The minimum atomic E-state index is -3.84. The van der Waals surface area contributed by atoms with Gasteiger partial charge in [0.1, 0.15) is 23.7 Å². The number of rotatable bonds is 5. The van der Waals surface area contributed by atoms with E-state index in [1.54, 1.807) is 30.5 Å². The number of fused-ring (bicyclic) bond motifs is 1. The Hall–Kier alpha value is -3.59. The molecule has 4 rings (SSSR count). The summed E-state index contributed by atoms with van der Waals surface area (Å²) in [5.74, 6) is 0.0914. The van der Waals surface area contributed by atoms with Gasteiger partial charge in [0.2, 0.25) is 0 Å². The molecule has 0 unspecified atom stereocenters. The van der Waals surface area contributed by atoms with Crippen LogP contribution in [0.25, 0.3) is 22.0 Å². The molecule has 0 saturated heterocycles. The van der Waals surface area contributed by atoms with Gasteiger partial charge in [0.05, 0.1) is 17.7 Å². The number of sulfonamides is 1. The summed E-state index contributed by atoms with van der Waals surface area (Å²) in [6, 6.07) is 12.0. The molecule has 2 aromatic heterocycles. The van der Waals surface area contributed by atoms with Gasteiger partial charge in [-0.2, -0.15) is 0 Å². The third kappa shape index (κ3) is 3.72. The average Bonchev–Trinajstić information content (AvgIpc) is 2.73. The van der Waals surface area contributed by atoms with E-state index in [0.717, 1.165) is 0 Å². The zero-order chi connectivity index (χ0) is 20.4. The highest BCUT2D eigenvalue weighted by molar-refractivity contribution is 7.92. The summed E-state index contributed by atoms with van der Waals surface area (Å²) in [7, 11) is -2.38. The quantitative estimate of drug-likeness (QED) is 0.540. The molecule has 0 bridgehead atoms. The van der Waals surface area contributed by atoms with E-state index in [-0.39, 0.29) is 10.7 Å². The molecule has 0 radical (unpaired) electrons. The Labute approximate surface area is 166 Å². The first-order valence-corrected chi connectivity index (χ1v) is 9.98. The van der Waals surface area contributed by atoms with Crippen LogP contribution in [0.5, 0.6) is 5.75 Å². The lowest BCUT2D eigenvalue weighted by molar-refractivity contribution is 0.413. The standard InChI is InChI=1S/C20H15FN4O3S/c1-28-18-11-14(21)2-4-17(18)20-16-5-3-15(10-13(16)6-9-23-20)29(26,27)25-19-7-8-22-12-24-19/h2-12H,1H3,(H,22,24,25). The van der Waals surface area contributed by atoms with Crippen LogP contribution >= 0.6 is 0 Å². The largest absolute Gasteiger partial charge is 0.496 e. The highest BCUT2D eigenvalue weighted by Crippen LogP contribution is 2.34. The van der Waals surface area contributed by atoms with Crippen LogP contribution in [0, 0.1) is 5.82 Å². The molecule has 0 aliphatic heterocycles. The molecule has 7 nitrogen and oxygen atoms in total. The zero-order valence-corrected chi connectivity index (χ0v) is 16.0. The van der Waals surface area contributed by atoms with Crippen LogP contribution in [0.4, 0.5) is 10.2 Å². The van der Waals surface area contributed by atoms with Crippen molar-refractivity contribution in [3.05, 3.63) is 73.1 Å². The number of benzene rings is 2. The van der Waals surface area contributed by atoms with Gasteiger partial charge in [-0.3, -0.25) is 9.71 Å². The zero-order valence-electron chi connectivity index (χ0n) is 15.2. The minimum absolute atomic E-state index is 0.0758. The molecule has 2 aromatic carbocycles. The molecule has 0 aliphatic carbocycles. The van der Waals surface area contributed by atoms with Crippen LogP contribution in [0.2, 0.25) is 0 Å². The molecule has 29 heavy (non-hydrogen) atoms. The van der Waals surface area contributed by atoms with Crippen LogP contribution in [0.3, 0.4) is 0 Å². The van der Waals surface area contributed by atoms with Crippen LogP contribution in [0.15, 0.2) is 72.1 Å². The fourth-order valence-electron chi connectivity index (χ4n) is 2.95. The number of hydrogen-bond acceptors (Lipinski definition) is 6. The highest BCUT2D eigenvalue weighted by Gasteiger charge is 2.17. The van der Waals surface area contributed by atoms with E-state index < -0.39 is 15.8 Å². The van der Waals surface area contributed by atoms with Gasteiger partial charge in [0.15, 0.2) is 0 Å². The molecule has 4 aromatic rings. The van der Waals surface area contributed by atoms with Crippen LogP contribution in [-0.2, 0) is 10.0 Å². The maximum absolute atomic E-state index is 13.5. The predicted molar refractivity (Wildman–Crippen MR) is 107 cm³/mol. The summed E-state index contributed by atoms with van der Waals surface area (Å²) in [4.78, 5) is 12.1. The van der Waals surface area contributed by atoms with Gasteiger partial charge in [0.25, 0.3) is 10.0 Å². The number of ether oxygens (including phenoxy) is 1. The van der Waals surface area contributed by atoms with Gasteiger partial charge in [-0.05, 0) is 41.8 Å². The van der Waals surface area contributed by atoms with Crippen molar-refractivity contribution in [1.29, 1.82) is 0 Å². The van der Waals surface area contributed by atoms with E-state index in [4.69, 9.17) is 4.74 Å². The predicted octanol–water partition coefficient (Wildman–Crippen LogP) is 3.64. The first-order valence-electron chi connectivity index (χ1n) is 8.49. The van der Waals surface area contributed by atoms with E-state index >= 15 is 0 Å². The lowest BCUT2D eigenvalue weighted by Gasteiger charge is -2.12. The third-order valence-corrected chi connectivity index (χ3v) is 5.64. The first kappa shape index (κ1) is 18.8. The summed E-state index contributed by atoms with van der Waals surface area (Å²) in [5.41, 5.74) is 1.17. The number of pyridine rings is 1. The molecule has 0 amide bonds. The Kier molecular flexibility index (Phi) is 4.81. The maximum atomic E-state index is 13.5. The van der Waals surface area contributed by atoms with E-state index in [0.29, 0.717) is 27.8 Å². The summed E-state index contributed by atoms with van der Waals surface area (Å²) in [6.07, 6.45) is 4.26. The fraction of sp³-hybridized carbons (Fsp3) is 0.0500. The molecule has 0 saturated carbocycles. The number of anilines is 1. The van der Waals surface area contributed by atoms with Gasteiger partial charge < -0.3 is 4.74 Å². The normalized spacial score (nSPS) is 11.4. The monoisotopic (exact) mass is 410 g/mol. The summed E-state index contributed by atoms with van der Waals surface area (Å²) < 4.78 is 46.6. The lowest BCUT2D eigenvalue weighted by Crippen LogP contribution is -2.13. The molecule has 0 atom stereocenters. The molecular formula is C20H15FN4O3S. The van der Waals surface area contributed by atoms with Gasteiger partial charge >= 0.3 is 0 Å². The second-order valence-electron chi connectivity index (χ2n) is 6.09. The van der Waals surface area contributed by atoms with E-state index in [1.165, 1.54) is 43.9 Å². The maximum Gasteiger partial charge on any atom is 0.263 e. The van der Waals surface area contributed by atoms with E-state index in [2.05, 4.69) is 19.7 Å². The van der Waals surface area contributed by atoms with Crippen molar-refractivity contribution in [2.24, 2.45) is 0 Å². The van der Waals surface area contributed by atoms with Crippen molar-refractivity contribution >= 4 is 26.6 Å². The van der Waals surface area contributed by atoms with Gasteiger partial charge in [-0.15, -0.1) is 0 Å². The van der Waals surface area contributed by atoms with Crippen molar-refractivity contribution in [3.63, 3.8) is 0 Å². The number of aromatic nitrogens is 3. The molecule has 9 heteroatoms. The molecule has 2 heterocycles. The smallest absolute Gasteiger partial charge is 0.263 e. The minimum Gasteiger partial charge on any atom is -0.496 e. The molecule has 0 aliphatic rings. The van der Waals surface area contributed by atoms with Crippen LogP contribution < -0.4 is 9.46 Å². The van der Waals surface area contributed by atoms with Crippen LogP contribution in [0.1, 0.15) is 0 Å². The summed E-state index contributed by atoms with van der Waals surface area (Å²) >= 11 is 0. The molecular weight excluding hydrogens is 395 g/mol. The number of hydrogen-bond donors (Lipinski definition) is 1. The summed E-state index contributed by atoms with van der Waals surface area (Å²) in [6.45, 7) is 0. The number of methoxy groups -OCH3 is 1. The van der Waals surface area contributed by atoms with E-state index in [1.807, 2.05) is 0 Å². The number of nitrogens with one attached hydrogen (secondary N) is 1. The second-order valence-corrected chi connectivity index (χ2v) is 7.77. The topological polar surface area (TPSA) is 94.1 Å². The van der Waals surface area contributed by atoms with Gasteiger partial charge in [-0.1, -0.05) is 6.07 Å². The van der Waals surface area contributed by atoms with E-state index in [9.17, 15) is 12.8 Å². The Morgan fingerprint density at radius 2 is 1.86 bits per heavy atom. The third-order valence-electron chi connectivity index (χ3n) is 4.29. The Balaban J connectivity index is 1.79. The Bertz CT molecular complexity index is 1300. The molecule has 1 N–H and O–H groups in total. The number of nitrogens with zero attached hydrogens (tertiary/aromatic N) is 3. The Morgan fingerprint density at radius 3 is 2.62 bits per heavy atom. The fourth-order valence-corrected chi connectivity index (χ4v) is 3.99. The van der Waals surface area contributed by atoms with Crippen molar-refractivity contribution < 1.29 is 17.5 Å². The summed E-state index contributed by atoms with van der Waals surface area (Å²) in [5, 5.41) is 1.37. The van der Waals surface area contributed by atoms with Gasteiger partial charge in [0, 0.05) is 29.4 Å². The SMILES string of the molecule is COc1cc(F)ccc1-c1nccc2cc(S(=O)(=O)Nc3ccncn3)ccc12. The highest BCUT2D eigenvalue weighted by atomic mass is 32.2. The van der Waals surface area contributed by atoms with Crippen molar-refractivity contribution in [2.75, 3.05) is 11.8 Å². The molecule has 0 spiro atoms. The first-order chi connectivity index (χ1) is 14.0. The van der Waals surface area contributed by atoms with Crippen molar-refractivity contribution in [1.82, 2.24) is 15.0 Å². The van der Waals surface area contributed by atoms with Gasteiger partial charge in [-0.25, -0.2) is 22.8 Å². The van der Waals surface area contributed by atoms with Crippen LogP contribution in [-0.4, -0.2) is 30.5 Å². The lowest BCUT2D eigenvalue weighted by atomic mass is 10.0. The van der Waals surface area contributed by atoms with Crippen molar-refractivity contribution in [2.45, 2.75) is 4.90 Å².